The monoisotopic (exact) mass is 270 g/mol. The van der Waals surface area contributed by atoms with Crippen LogP contribution in [-0.2, 0) is 11.3 Å². The molecule has 1 aromatic heterocycles. The predicted molar refractivity (Wildman–Crippen MR) is 78.6 cm³/mol. The van der Waals surface area contributed by atoms with E-state index in [-0.39, 0.29) is 12.5 Å². The number of aryl methyl sites for hydroxylation is 3. The largest absolute Gasteiger partial charge is 0.271 e. The number of hydrogen-bond acceptors (Lipinski definition) is 3. The maximum Gasteiger partial charge on any atom is 0.261 e. The lowest BCUT2D eigenvalue weighted by atomic mass is 10.1. The maximum atomic E-state index is 11.8. The summed E-state index contributed by atoms with van der Waals surface area (Å²) in [5, 5.41) is 8.20. The third-order valence-electron chi connectivity index (χ3n) is 2.98. The molecule has 5 heteroatoms. The van der Waals surface area contributed by atoms with Crippen molar-refractivity contribution in [2.45, 2.75) is 27.3 Å². The first-order valence-electron chi connectivity index (χ1n) is 6.45. The maximum absolute atomic E-state index is 11.8. The first-order valence-corrected chi connectivity index (χ1v) is 6.45. The molecule has 0 aliphatic carbocycles. The highest BCUT2D eigenvalue weighted by Gasteiger charge is 2.05. The Bertz CT molecular complexity index is 643. The van der Waals surface area contributed by atoms with E-state index in [1.165, 1.54) is 0 Å². The number of aromatic nitrogens is 2. The highest BCUT2D eigenvalue weighted by atomic mass is 16.2. The van der Waals surface area contributed by atoms with Crippen LogP contribution in [0.2, 0.25) is 0 Å². The van der Waals surface area contributed by atoms with Crippen LogP contribution in [0.15, 0.2) is 35.4 Å². The molecule has 1 aromatic carbocycles. The Kier molecular flexibility index (Phi) is 4.30. The summed E-state index contributed by atoms with van der Waals surface area (Å²) < 4.78 is 1.66. The molecule has 1 amide bonds. The van der Waals surface area contributed by atoms with E-state index in [4.69, 9.17) is 0 Å². The molecule has 2 rings (SSSR count). The lowest BCUT2D eigenvalue weighted by molar-refractivity contribution is -0.121. The van der Waals surface area contributed by atoms with Gasteiger partial charge in [0.2, 0.25) is 0 Å². The zero-order valence-corrected chi connectivity index (χ0v) is 11.9. The molecule has 0 bridgehead atoms. The number of carbonyl (C=O) groups excluding carboxylic acids is 1. The van der Waals surface area contributed by atoms with Crippen molar-refractivity contribution in [1.29, 1.82) is 0 Å². The van der Waals surface area contributed by atoms with Crippen molar-refractivity contribution in [2.75, 3.05) is 0 Å². The Hall–Kier alpha value is -2.43. The van der Waals surface area contributed by atoms with Crippen molar-refractivity contribution in [3.63, 3.8) is 0 Å². The Labute approximate surface area is 118 Å². The number of benzene rings is 1. The van der Waals surface area contributed by atoms with Crippen molar-refractivity contribution >= 4 is 12.1 Å². The van der Waals surface area contributed by atoms with Gasteiger partial charge in [-0.1, -0.05) is 24.3 Å². The van der Waals surface area contributed by atoms with Crippen LogP contribution in [0.1, 0.15) is 22.5 Å². The SMILES string of the molecule is Cc1cc(C)n(CC(=O)NN=Cc2ccccc2C)n1. The molecule has 2 aromatic rings. The van der Waals surface area contributed by atoms with E-state index in [1.54, 1.807) is 10.9 Å². The van der Waals surface area contributed by atoms with E-state index in [0.29, 0.717) is 0 Å². The molecule has 20 heavy (non-hydrogen) atoms. The standard InChI is InChI=1S/C15H18N4O/c1-11-6-4-5-7-14(11)9-16-17-15(20)10-19-13(3)8-12(2)18-19/h4-9H,10H2,1-3H3,(H,17,20). The summed E-state index contributed by atoms with van der Waals surface area (Å²) in [7, 11) is 0. The molecular weight excluding hydrogens is 252 g/mol. The van der Waals surface area contributed by atoms with Gasteiger partial charge in [0.05, 0.1) is 11.9 Å². The van der Waals surface area contributed by atoms with Crippen LogP contribution in [0.4, 0.5) is 0 Å². The van der Waals surface area contributed by atoms with Crippen molar-refractivity contribution in [3.05, 3.63) is 52.8 Å². The zero-order valence-electron chi connectivity index (χ0n) is 11.9. The molecule has 104 valence electrons. The second kappa shape index (κ2) is 6.14. The number of hydrogen-bond donors (Lipinski definition) is 1. The Morgan fingerprint density at radius 1 is 1.35 bits per heavy atom. The van der Waals surface area contributed by atoms with Gasteiger partial charge in [-0.05, 0) is 38.0 Å². The number of amides is 1. The van der Waals surface area contributed by atoms with Gasteiger partial charge < -0.3 is 0 Å². The number of hydrazone groups is 1. The Morgan fingerprint density at radius 3 is 2.75 bits per heavy atom. The summed E-state index contributed by atoms with van der Waals surface area (Å²) in [5.74, 6) is -0.193. The van der Waals surface area contributed by atoms with Crippen molar-refractivity contribution < 1.29 is 4.79 Å². The topological polar surface area (TPSA) is 59.3 Å². The van der Waals surface area contributed by atoms with E-state index in [9.17, 15) is 4.79 Å². The molecule has 1 heterocycles. The second-order valence-electron chi connectivity index (χ2n) is 4.73. The van der Waals surface area contributed by atoms with E-state index in [1.807, 2.05) is 51.1 Å². The average Bonchev–Trinajstić information content (AvgIpc) is 2.70. The predicted octanol–water partition coefficient (Wildman–Crippen LogP) is 1.96. The summed E-state index contributed by atoms with van der Waals surface area (Å²) >= 11 is 0. The van der Waals surface area contributed by atoms with Gasteiger partial charge in [0.1, 0.15) is 6.54 Å². The quantitative estimate of drug-likeness (QED) is 0.682. The van der Waals surface area contributed by atoms with Crippen LogP contribution in [0.25, 0.3) is 0 Å². The summed E-state index contributed by atoms with van der Waals surface area (Å²) in [5.41, 5.74) is 6.47. The molecule has 0 atom stereocenters. The summed E-state index contributed by atoms with van der Waals surface area (Å²) in [6, 6.07) is 9.79. The number of nitrogens with zero attached hydrogens (tertiary/aromatic N) is 3. The van der Waals surface area contributed by atoms with Crippen molar-refractivity contribution in [3.8, 4) is 0 Å². The van der Waals surface area contributed by atoms with E-state index >= 15 is 0 Å². The van der Waals surface area contributed by atoms with Crippen LogP contribution >= 0.6 is 0 Å². The molecule has 0 saturated heterocycles. The Balaban J connectivity index is 1.93. The number of carbonyl (C=O) groups is 1. The van der Waals surface area contributed by atoms with E-state index in [2.05, 4.69) is 15.6 Å². The molecule has 0 radical (unpaired) electrons. The minimum atomic E-state index is -0.193. The minimum Gasteiger partial charge on any atom is -0.271 e. The van der Waals surface area contributed by atoms with Gasteiger partial charge in [-0.3, -0.25) is 9.48 Å². The van der Waals surface area contributed by atoms with Crippen LogP contribution in [0.5, 0.6) is 0 Å². The molecule has 0 spiro atoms. The van der Waals surface area contributed by atoms with Gasteiger partial charge in [-0.2, -0.15) is 10.2 Å². The van der Waals surface area contributed by atoms with Crippen molar-refractivity contribution in [2.24, 2.45) is 5.10 Å². The molecule has 0 fully saturated rings. The van der Waals surface area contributed by atoms with Gasteiger partial charge in [0.25, 0.3) is 5.91 Å². The van der Waals surface area contributed by atoms with Gasteiger partial charge in [-0.15, -0.1) is 0 Å². The third-order valence-corrected chi connectivity index (χ3v) is 2.98. The fourth-order valence-electron chi connectivity index (χ4n) is 1.91. The van der Waals surface area contributed by atoms with Crippen LogP contribution in [-0.4, -0.2) is 21.9 Å². The van der Waals surface area contributed by atoms with Gasteiger partial charge in [0, 0.05) is 5.69 Å². The smallest absolute Gasteiger partial charge is 0.261 e. The zero-order chi connectivity index (χ0) is 14.5. The summed E-state index contributed by atoms with van der Waals surface area (Å²) in [6.07, 6.45) is 1.65. The fraction of sp³-hybridized carbons (Fsp3) is 0.267. The van der Waals surface area contributed by atoms with Gasteiger partial charge >= 0.3 is 0 Å². The van der Waals surface area contributed by atoms with Crippen LogP contribution < -0.4 is 5.43 Å². The van der Waals surface area contributed by atoms with Crippen molar-refractivity contribution in [1.82, 2.24) is 15.2 Å². The number of nitrogens with one attached hydrogen (secondary N) is 1. The molecule has 0 saturated carbocycles. The Morgan fingerprint density at radius 2 is 2.10 bits per heavy atom. The van der Waals surface area contributed by atoms with Gasteiger partial charge in [-0.25, -0.2) is 5.43 Å². The summed E-state index contributed by atoms with van der Waals surface area (Å²) in [4.78, 5) is 11.8. The number of rotatable bonds is 4. The highest BCUT2D eigenvalue weighted by molar-refractivity contribution is 5.83. The second-order valence-corrected chi connectivity index (χ2v) is 4.73. The van der Waals surface area contributed by atoms with Gasteiger partial charge in [0.15, 0.2) is 0 Å². The first-order chi connectivity index (χ1) is 9.56. The fourth-order valence-corrected chi connectivity index (χ4v) is 1.91. The van der Waals surface area contributed by atoms with Crippen LogP contribution in [0.3, 0.4) is 0 Å². The molecule has 0 aliphatic heterocycles. The molecule has 0 aliphatic rings. The highest BCUT2D eigenvalue weighted by Crippen LogP contribution is 2.03. The molecule has 0 unspecified atom stereocenters. The molecular formula is C15H18N4O. The summed E-state index contributed by atoms with van der Waals surface area (Å²) in [6.45, 7) is 5.99. The first kappa shape index (κ1) is 14.0. The van der Waals surface area contributed by atoms with Crippen LogP contribution in [0, 0.1) is 20.8 Å². The molecule has 1 N–H and O–H groups in total. The minimum absolute atomic E-state index is 0.171. The normalized spacial score (nSPS) is 10.9. The third kappa shape index (κ3) is 3.54. The van der Waals surface area contributed by atoms with E-state index < -0.39 is 0 Å². The van der Waals surface area contributed by atoms with E-state index in [0.717, 1.165) is 22.5 Å². The lowest BCUT2D eigenvalue weighted by Crippen LogP contribution is -2.24. The molecule has 5 nitrogen and oxygen atoms in total. The average molecular weight is 270 g/mol. The lowest BCUT2D eigenvalue weighted by Gasteiger charge is -2.03.